The molecule has 0 aromatic heterocycles. The normalized spacial score (nSPS) is 14.2. The van der Waals surface area contributed by atoms with Crippen LogP contribution in [-0.2, 0) is 4.74 Å². The molecule has 18 heavy (non-hydrogen) atoms. The van der Waals surface area contributed by atoms with Crippen LogP contribution in [0.15, 0.2) is 24.3 Å². The Morgan fingerprint density at radius 1 is 1.22 bits per heavy atom. The first-order valence-electron chi connectivity index (χ1n) is 6.21. The highest BCUT2D eigenvalue weighted by molar-refractivity contribution is 5.26. The Bertz CT molecular complexity index is 326. The van der Waals surface area contributed by atoms with Crippen molar-refractivity contribution in [3.63, 3.8) is 0 Å². The topological polar surface area (TPSA) is 50.7 Å². The molecule has 0 heterocycles. The van der Waals surface area contributed by atoms with Crippen molar-refractivity contribution >= 4 is 0 Å². The number of aryl methyl sites for hydroxylation is 1. The fraction of sp³-hybridized carbons (Fsp3) is 0.571. The molecule has 0 spiro atoms. The Morgan fingerprint density at radius 2 is 1.89 bits per heavy atom. The standard InChI is InChI=1S/C14H23NO3/c1-11-4-6-14(7-5-11)18-9-12(2)15-8-13(16)10-17-3/h4-7,12-13,15-16H,8-10H2,1-3H3. The van der Waals surface area contributed by atoms with E-state index in [0.717, 1.165) is 5.75 Å². The molecule has 1 rings (SSSR count). The van der Waals surface area contributed by atoms with Gasteiger partial charge in [-0.25, -0.2) is 0 Å². The average Bonchev–Trinajstić information content (AvgIpc) is 2.36. The third-order valence-corrected chi connectivity index (χ3v) is 2.58. The van der Waals surface area contributed by atoms with E-state index in [4.69, 9.17) is 9.47 Å². The Hall–Kier alpha value is -1.10. The highest BCUT2D eigenvalue weighted by atomic mass is 16.5. The first kappa shape index (κ1) is 15.0. The van der Waals surface area contributed by atoms with E-state index >= 15 is 0 Å². The maximum atomic E-state index is 9.49. The van der Waals surface area contributed by atoms with Crippen LogP contribution in [0, 0.1) is 6.92 Å². The van der Waals surface area contributed by atoms with Gasteiger partial charge in [0.1, 0.15) is 12.4 Å². The minimum atomic E-state index is -0.475. The first-order chi connectivity index (χ1) is 8.61. The Kier molecular flexibility index (Phi) is 6.72. The fourth-order valence-corrected chi connectivity index (χ4v) is 1.50. The molecule has 0 aliphatic rings. The highest BCUT2D eigenvalue weighted by Gasteiger charge is 2.07. The Labute approximate surface area is 109 Å². The van der Waals surface area contributed by atoms with Gasteiger partial charge < -0.3 is 19.9 Å². The zero-order valence-electron chi connectivity index (χ0n) is 11.3. The van der Waals surface area contributed by atoms with E-state index in [-0.39, 0.29) is 6.04 Å². The lowest BCUT2D eigenvalue weighted by atomic mass is 10.2. The van der Waals surface area contributed by atoms with Gasteiger partial charge in [-0.3, -0.25) is 0 Å². The van der Waals surface area contributed by atoms with Crippen LogP contribution in [0.1, 0.15) is 12.5 Å². The largest absolute Gasteiger partial charge is 0.492 e. The maximum absolute atomic E-state index is 9.49. The molecule has 1 aromatic carbocycles. The predicted molar refractivity (Wildman–Crippen MR) is 72.0 cm³/mol. The van der Waals surface area contributed by atoms with Crippen LogP contribution in [0.5, 0.6) is 5.75 Å². The average molecular weight is 253 g/mol. The SMILES string of the molecule is COCC(O)CNC(C)COc1ccc(C)cc1. The maximum Gasteiger partial charge on any atom is 0.119 e. The van der Waals surface area contributed by atoms with E-state index < -0.39 is 6.10 Å². The molecular formula is C14H23NO3. The number of aliphatic hydroxyl groups excluding tert-OH is 1. The van der Waals surface area contributed by atoms with Crippen molar-refractivity contribution in [2.75, 3.05) is 26.9 Å². The number of ether oxygens (including phenoxy) is 2. The molecule has 0 aliphatic heterocycles. The number of hydrogen-bond acceptors (Lipinski definition) is 4. The van der Waals surface area contributed by atoms with E-state index in [9.17, 15) is 5.11 Å². The molecule has 2 atom stereocenters. The minimum Gasteiger partial charge on any atom is -0.492 e. The van der Waals surface area contributed by atoms with Gasteiger partial charge in [0.05, 0.1) is 12.7 Å². The van der Waals surface area contributed by atoms with Crippen LogP contribution in [0.2, 0.25) is 0 Å². The van der Waals surface area contributed by atoms with E-state index in [1.807, 2.05) is 38.1 Å². The van der Waals surface area contributed by atoms with E-state index in [1.54, 1.807) is 7.11 Å². The van der Waals surface area contributed by atoms with Crippen LogP contribution >= 0.6 is 0 Å². The first-order valence-corrected chi connectivity index (χ1v) is 6.21. The molecule has 0 amide bonds. The molecule has 2 N–H and O–H groups in total. The van der Waals surface area contributed by atoms with Gasteiger partial charge in [0, 0.05) is 19.7 Å². The molecule has 0 bridgehead atoms. The summed E-state index contributed by atoms with van der Waals surface area (Å²) in [4.78, 5) is 0. The number of nitrogens with one attached hydrogen (secondary N) is 1. The summed E-state index contributed by atoms with van der Waals surface area (Å²) < 4.78 is 10.5. The second-order valence-electron chi connectivity index (χ2n) is 4.54. The highest BCUT2D eigenvalue weighted by Crippen LogP contribution is 2.11. The zero-order chi connectivity index (χ0) is 13.4. The summed E-state index contributed by atoms with van der Waals surface area (Å²) in [7, 11) is 1.58. The zero-order valence-corrected chi connectivity index (χ0v) is 11.3. The molecule has 0 saturated carbocycles. The van der Waals surface area contributed by atoms with Crippen LogP contribution in [0.25, 0.3) is 0 Å². The van der Waals surface area contributed by atoms with Crippen LogP contribution in [0.3, 0.4) is 0 Å². The fourth-order valence-electron chi connectivity index (χ4n) is 1.50. The Balaban J connectivity index is 2.20. The number of hydrogen-bond donors (Lipinski definition) is 2. The molecule has 102 valence electrons. The summed E-state index contributed by atoms with van der Waals surface area (Å²) >= 11 is 0. The van der Waals surface area contributed by atoms with Crippen LogP contribution < -0.4 is 10.1 Å². The lowest BCUT2D eigenvalue weighted by Gasteiger charge is -2.17. The van der Waals surface area contributed by atoms with Crippen molar-refractivity contribution in [1.29, 1.82) is 0 Å². The van der Waals surface area contributed by atoms with Crippen molar-refractivity contribution in [1.82, 2.24) is 5.32 Å². The van der Waals surface area contributed by atoms with Gasteiger partial charge in [-0.05, 0) is 26.0 Å². The number of methoxy groups -OCH3 is 1. The molecular weight excluding hydrogens is 230 g/mol. The molecule has 4 nitrogen and oxygen atoms in total. The van der Waals surface area contributed by atoms with Gasteiger partial charge in [-0.15, -0.1) is 0 Å². The van der Waals surface area contributed by atoms with Gasteiger partial charge in [-0.2, -0.15) is 0 Å². The molecule has 0 saturated heterocycles. The Morgan fingerprint density at radius 3 is 2.50 bits per heavy atom. The van der Waals surface area contributed by atoms with E-state index in [2.05, 4.69) is 5.32 Å². The van der Waals surface area contributed by atoms with Gasteiger partial charge in [-0.1, -0.05) is 17.7 Å². The van der Waals surface area contributed by atoms with Crippen molar-refractivity contribution in [3.05, 3.63) is 29.8 Å². The number of benzene rings is 1. The van der Waals surface area contributed by atoms with Gasteiger partial charge in [0.2, 0.25) is 0 Å². The monoisotopic (exact) mass is 253 g/mol. The second-order valence-corrected chi connectivity index (χ2v) is 4.54. The van der Waals surface area contributed by atoms with Crippen molar-refractivity contribution in [2.24, 2.45) is 0 Å². The third-order valence-electron chi connectivity index (χ3n) is 2.58. The minimum absolute atomic E-state index is 0.179. The molecule has 0 fully saturated rings. The van der Waals surface area contributed by atoms with Crippen LogP contribution in [0.4, 0.5) is 0 Å². The van der Waals surface area contributed by atoms with Gasteiger partial charge in [0.25, 0.3) is 0 Å². The second kappa shape index (κ2) is 8.08. The van der Waals surface area contributed by atoms with Gasteiger partial charge in [0.15, 0.2) is 0 Å². The van der Waals surface area contributed by atoms with Crippen molar-refractivity contribution in [2.45, 2.75) is 26.0 Å². The quantitative estimate of drug-likeness (QED) is 0.734. The molecule has 4 heteroatoms. The third kappa shape index (κ3) is 6.00. The molecule has 2 unspecified atom stereocenters. The summed E-state index contributed by atoms with van der Waals surface area (Å²) in [6, 6.07) is 8.15. The lowest BCUT2D eigenvalue weighted by molar-refractivity contribution is 0.0618. The molecule has 1 aromatic rings. The van der Waals surface area contributed by atoms with Crippen molar-refractivity contribution in [3.8, 4) is 5.75 Å². The molecule has 0 aliphatic carbocycles. The number of rotatable bonds is 8. The smallest absolute Gasteiger partial charge is 0.119 e. The van der Waals surface area contributed by atoms with Gasteiger partial charge >= 0.3 is 0 Å². The predicted octanol–water partition coefficient (Wildman–Crippen LogP) is 1.36. The van der Waals surface area contributed by atoms with E-state index in [1.165, 1.54) is 5.56 Å². The summed E-state index contributed by atoms with van der Waals surface area (Å²) in [5.41, 5.74) is 1.22. The number of aliphatic hydroxyl groups is 1. The molecule has 0 radical (unpaired) electrons. The lowest BCUT2D eigenvalue weighted by Crippen LogP contribution is -2.38. The summed E-state index contributed by atoms with van der Waals surface area (Å²) in [6.45, 7) is 5.49. The van der Waals surface area contributed by atoms with Crippen LogP contribution in [-0.4, -0.2) is 44.1 Å². The van der Waals surface area contributed by atoms with Crippen molar-refractivity contribution < 1.29 is 14.6 Å². The summed E-state index contributed by atoms with van der Waals surface area (Å²) in [5, 5.41) is 12.7. The summed E-state index contributed by atoms with van der Waals surface area (Å²) in [5.74, 6) is 0.867. The van der Waals surface area contributed by atoms with E-state index in [0.29, 0.717) is 19.8 Å². The summed E-state index contributed by atoms with van der Waals surface area (Å²) in [6.07, 6.45) is -0.475.